The average Bonchev–Trinajstić information content (AvgIpc) is 2.60. The highest BCUT2D eigenvalue weighted by atomic mass is 79.9. The summed E-state index contributed by atoms with van der Waals surface area (Å²) in [5, 5.41) is 1.78. The molecule has 0 aliphatic carbocycles. The second kappa shape index (κ2) is 4.20. The molecule has 0 saturated carbocycles. The summed E-state index contributed by atoms with van der Waals surface area (Å²) in [4.78, 5) is 11.4. The van der Waals surface area contributed by atoms with Crippen molar-refractivity contribution < 1.29 is 0 Å². The summed E-state index contributed by atoms with van der Waals surface area (Å²) in [6.07, 6.45) is 1.78. The standard InChI is InChI=1S/C10H9BrN2OS/c11-9-7(2-1-3-8(9)12)6-13-4-5-15-10(13)14/h1-5H,6,12H2. The number of nitrogens with two attached hydrogens (primary N) is 1. The van der Waals surface area contributed by atoms with Crippen LogP contribution in [-0.2, 0) is 6.54 Å². The van der Waals surface area contributed by atoms with Crippen LogP contribution in [0.15, 0.2) is 39.0 Å². The molecule has 0 fully saturated rings. The number of aromatic nitrogens is 1. The van der Waals surface area contributed by atoms with E-state index in [1.807, 2.05) is 18.2 Å². The third-order valence-electron chi connectivity index (χ3n) is 2.09. The molecule has 3 nitrogen and oxygen atoms in total. The van der Waals surface area contributed by atoms with Gasteiger partial charge in [0, 0.05) is 21.7 Å². The largest absolute Gasteiger partial charge is 0.398 e. The van der Waals surface area contributed by atoms with Gasteiger partial charge in [-0.2, -0.15) is 0 Å². The fourth-order valence-electron chi connectivity index (χ4n) is 1.31. The maximum absolute atomic E-state index is 11.4. The minimum Gasteiger partial charge on any atom is -0.398 e. The number of hydrogen-bond donors (Lipinski definition) is 1. The van der Waals surface area contributed by atoms with Crippen molar-refractivity contribution in [1.82, 2.24) is 4.57 Å². The second-order valence-electron chi connectivity index (χ2n) is 3.12. The molecule has 78 valence electrons. The number of thiazole rings is 1. The van der Waals surface area contributed by atoms with E-state index in [-0.39, 0.29) is 4.87 Å². The third kappa shape index (κ3) is 2.13. The summed E-state index contributed by atoms with van der Waals surface area (Å²) in [5.41, 5.74) is 7.46. The first kappa shape index (κ1) is 10.4. The van der Waals surface area contributed by atoms with Crippen molar-refractivity contribution in [3.8, 4) is 0 Å². The topological polar surface area (TPSA) is 48.0 Å². The van der Waals surface area contributed by atoms with E-state index >= 15 is 0 Å². The van der Waals surface area contributed by atoms with Crippen LogP contribution in [0.5, 0.6) is 0 Å². The van der Waals surface area contributed by atoms with Crippen molar-refractivity contribution in [2.45, 2.75) is 6.54 Å². The Morgan fingerprint density at radius 2 is 2.27 bits per heavy atom. The van der Waals surface area contributed by atoms with E-state index in [4.69, 9.17) is 5.73 Å². The molecule has 0 amide bonds. The molecule has 2 N–H and O–H groups in total. The lowest BCUT2D eigenvalue weighted by Gasteiger charge is -2.06. The first-order chi connectivity index (χ1) is 7.18. The Kier molecular flexibility index (Phi) is 2.93. The lowest BCUT2D eigenvalue weighted by molar-refractivity contribution is 0.781. The fourth-order valence-corrected chi connectivity index (χ4v) is 2.29. The number of nitrogen functional groups attached to an aromatic ring is 1. The van der Waals surface area contributed by atoms with Crippen molar-refractivity contribution in [3.63, 3.8) is 0 Å². The van der Waals surface area contributed by atoms with Gasteiger partial charge in [-0.25, -0.2) is 0 Å². The molecular formula is C10H9BrN2OS. The zero-order chi connectivity index (χ0) is 10.8. The summed E-state index contributed by atoms with van der Waals surface area (Å²) in [6, 6.07) is 5.65. The molecule has 0 aliphatic heterocycles. The lowest BCUT2D eigenvalue weighted by Crippen LogP contribution is -2.13. The summed E-state index contributed by atoms with van der Waals surface area (Å²) >= 11 is 4.61. The summed E-state index contributed by atoms with van der Waals surface area (Å²) in [6.45, 7) is 0.550. The van der Waals surface area contributed by atoms with Crippen LogP contribution in [-0.4, -0.2) is 4.57 Å². The molecule has 2 rings (SSSR count). The van der Waals surface area contributed by atoms with Gasteiger partial charge in [0.15, 0.2) is 0 Å². The molecule has 0 spiro atoms. The quantitative estimate of drug-likeness (QED) is 0.861. The van der Waals surface area contributed by atoms with Gasteiger partial charge in [-0.05, 0) is 27.6 Å². The minimum atomic E-state index is 0.0457. The smallest absolute Gasteiger partial charge is 0.307 e. The maximum atomic E-state index is 11.4. The van der Waals surface area contributed by atoms with Crippen LogP contribution >= 0.6 is 27.3 Å². The molecule has 2 aromatic rings. The van der Waals surface area contributed by atoms with Gasteiger partial charge in [-0.1, -0.05) is 23.5 Å². The first-order valence-corrected chi connectivity index (χ1v) is 6.02. The first-order valence-electron chi connectivity index (χ1n) is 4.35. The normalized spacial score (nSPS) is 10.5. The van der Waals surface area contributed by atoms with Gasteiger partial charge >= 0.3 is 4.87 Å². The molecule has 15 heavy (non-hydrogen) atoms. The predicted octanol–water partition coefficient (Wildman–Crippen LogP) is 2.30. The molecule has 0 aliphatic rings. The maximum Gasteiger partial charge on any atom is 0.307 e. The monoisotopic (exact) mass is 284 g/mol. The molecule has 0 radical (unpaired) electrons. The van der Waals surface area contributed by atoms with Crippen LogP contribution in [0.4, 0.5) is 5.69 Å². The van der Waals surface area contributed by atoms with Gasteiger partial charge in [0.25, 0.3) is 0 Å². The molecule has 1 heterocycles. The third-order valence-corrected chi connectivity index (χ3v) is 3.75. The van der Waals surface area contributed by atoms with Crippen LogP contribution in [0.2, 0.25) is 0 Å². The molecule has 5 heteroatoms. The lowest BCUT2D eigenvalue weighted by atomic mass is 10.2. The summed E-state index contributed by atoms with van der Waals surface area (Å²) in [7, 11) is 0. The summed E-state index contributed by atoms with van der Waals surface area (Å²) < 4.78 is 2.52. The predicted molar refractivity (Wildman–Crippen MR) is 66.2 cm³/mol. The van der Waals surface area contributed by atoms with Crippen molar-refractivity contribution in [2.24, 2.45) is 0 Å². The highest BCUT2D eigenvalue weighted by Gasteiger charge is 2.04. The van der Waals surface area contributed by atoms with E-state index in [9.17, 15) is 4.79 Å². The van der Waals surface area contributed by atoms with Crippen LogP contribution in [0.3, 0.4) is 0 Å². The molecule has 0 unspecified atom stereocenters. The number of halogens is 1. The molecule has 0 saturated heterocycles. The van der Waals surface area contributed by atoms with Gasteiger partial charge in [0.2, 0.25) is 0 Å². The molecule has 1 aromatic carbocycles. The number of rotatable bonds is 2. The number of benzene rings is 1. The fraction of sp³-hybridized carbons (Fsp3) is 0.100. The Balaban J connectivity index is 2.37. The van der Waals surface area contributed by atoms with Gasteiger partial charge in [0.05, 0.1) is 6.54 Å². The van der Waals surface area contributed by atoms with Gasteiger partial charge in [-0.3, -0.25) is 4.79 Å². The minimum absolute atomic E-state index is 0.0457. The molecule has 0 atom stereocenters. The molecule has 1 aromatic heterocycles. The Morgan fingerprint density at radius 1 is 1.47 bits per heavy atom. The van der Waals surface area contributed by atoms with Crippen LogP contribution in [0.25, 0.3) is 0 Å². The Labute approximate surface area is 99.3 Å². The van der Waals surface area contributed by atoms with Gasteiger partial charge < -0.3 is 10.3 Å². The van der Waals surface area contributed by atoms with Gasteiger partial charge in [0.1, 0.15) is 0 Å². The van der Waals surface area contributed by atoms with E-state index in [0.717, 1.165) is 10.0 Å². The van der Waals surface area contributed by atoms with Crippen molar-refractivity contribution >= 4 is 33.0 Å². The van der Waals surface area contributed by atoms with E-state index in [2.05, 4.69) is 15.9 Å². The highest BCUT2D eigenvalue weighted by Crippen LogP contribution is 2.24. The highest BCUT2D eigenvalue weighted by molar-refractivity contribution is 9.10. The van der Waals surface area contributed by atoms with Crippen LogP contribution in [0.1, 0.15) is 5.56 Å². The van der Waals surface area contributed by atoms with Crippen molar-refractivity contribution in [3.05, 3.63) is 49.5 Å². The molecular weight excluding hydrogens is 276 g/mol. The van der Waals surface area contributed by atoms with E-state index in [1.54, 1.807) is 16.1 Å². The zero-order valence-corrected chi connectivity index (χ0v) is 10.2. The van der Waals surface area contributed by atoms with Crippen molar-refractivity contribution in [1.29, 1.82) is 0 Å². The average molecular weight is 285 g/mol. The SMILES string of the molecule is Nc1cccc(Cn2ccsc2=O)c1Br. The second-order valence-corrected chi connectivity index (χ2v) is 4.77. The Bertz CT molecular complexity index is 532. The summed E-state index contributed by atoms with van der Waals surface area (Å²) in [5.74, 6) is 0. The van der Waals surface area contributed by atoms with E-state index < -0.39 is 0 Å². The van der Waals surface area contributed by atoms with Crippen LogP contribution in [0, 0.1) is 0 Å². The van der Waals surface area contributed by atoms with E-state index in [1.165, 1.54) is 11.3 Å². The Hall–Kier alpha value is -1.07. The number of hydrogen-bond acceptors (Lipinski definition) is 3. The number of nitrogens with zero attached hydrogens (tertiary/aromatic N) is 1. The Morgan fingerprint density at radius 3 is 2.93 bits per heavy atom. The van der Waals surface area contributed by atoms with Gasteiger partial charge in [-0.15, -0.1) is 0 Å². The van der Waals surface area contributed by atoms with Crippen LogP contribution < -0.4 is 10.6 Å². The number of anilines is 1. The van der Waals surface area contributed by atoms with Crippen molar-refractivity contribution in [2.75, 3.05) is 5.73 Å². The van der Waals surface area contributed by atoms with E-state index in [0.29, 0.717) is 12.2 Å². The molecule has 0 bridgehead atoms. The zero-order valence-electron chi connectivity index (χ0n) is 7.81.